The van der Waals surface area contributed by atoms with Crippen LogP contribution in [0, 0.1) is 2.88 Å². The topological polar surface area (TPSA) is 98.8 Å². The molecule has 0 amide bonds. The fraction of sp³-hybridized carbons (Fsp3) is 0.222. The van der Waals surface area contributed by atoms with Gasteiger partial charge in [0, 0.05) is 17.1 Å². The monoisotopic (exact) mass is 673 g/mol. The van der Waals surface area contributed by atoms with Gasteiger partial charge in [-0.15, -0.1) is 11.3 Å². The minimum Gasteiger partial charge on any atom is -0.477 e. The van der Waals surface area contributed by atoms with Crippen molar-refractivity contribution in [2.75, 3.05) is 17.2 Å². The maximum Gasteiger partial charge on any atom is 0.370 e. The molecule has 1 aliphatic rings. The Morgan fingerprint density at radius 3 is 2.77 bits per heavy atom. The molecule has 0 fully saturated rings. The maximum absolute atomic E-state index is 11.5. The van der Waals surface area contributed by atoms with Gasteiger partial charge in [-0.3, -0.25) is 4.55 Å². The molecule has 0 unspecified atom stereocenters. The Hall–Kier alpha value is -0.710. The van der Waals surface area contributed by atoms with Gasteiger partial charge in [0.1, 0.15) is 4.70 Å². The predicted molar refractivity (Wildman–Crippen MR) is 137 cm³/mol. The second kappa shape index (κ2) is 9.27. The molecule has 0 saturated carbocycles. The third kappa shape index (κ3) is 5.45. The second-order valence-corrected chi connectivity index (χ2v) is 14.4. The van der Waals surface area contributed by atoms with Crippen LogP contribution in [-0.4, -0.2) is 36.3 Å². The number of thioether (sulfide) groups is 1. The number of rotatable bonds is 7. The molecular weight excluding hydrogens is 659 g/mol. The first kappa shape index (κ1) is 23.4. The number of thiophene rings is 1. The van der Waals surface area contributed by atoms with Crippen LogP contribution in [0.15, 0.2) is 38.0 Å². The summed E-state index contributed by atoms with van der Waals surface area (Å²) in [6.45, 7) is 0.260. The zero-order chi connectivity index (χ0) is 22.3. The first-order chi connectivity index (χ1) is 14.6. The van der Waals surface area contributed by atoms with Crippen LogP contribution in [0.1, 0.15) is 11.4 Å². The predicted octanol–water partition coefficient (Wildman–Crippen LogP) is 4.89. The lowest BCUT2D eigenvalue weighted by molar-refractivity contribution is -0.657. The smallest absolute Gasteiger partial charge is 0.370 e. The first-order valence-electron chi connectivity index (χ1n) is 8.86. The van der Waals surface area contributed by atoms with Gasteiger partial charge in [-0.2, -0.15) is 13.0 Å². The zero-order valence-electron chi connectivity index (χ0n) is 15.6. The van der Waals surface area contributed by atoms with Crippen LogP contribution in [0.2, 0.25) is 0 Å². The highest BCUT2D eigenvalue weighted by atomic mass is 127. The number of halogens is 2. The SMILES string of the molecule is O=C(O)C[n+]1c(C=C2Sc3sc(I)cc3N2CCCS(=O)(=O)O)sc2ccc(Br)cc21. The van der Waals surface area contributed by atoms with Crippen LogP contribution in [0.25, 0.3) is 16.3 Å². The number of aromatic nitrogens is 1. The molecule has 0 saturated heterocycles. The van der Waals surface area contributed by atoms with E-state index in [4.69, 9.17) is 4.55 Å². The van der Waals surface area contributed by atoms with Gasteiger partial charge in [-0.05, 0) is 47.2 Å². The average molecular weight is 674 g/mol. The third-order valence-corrected chi connectivity index (χ3v) is 9.95. The number of anilines is 1. The number of carboxylic acid groups (broad SMARTS) is 1. The molecule has 3 aromatic rings. The van der Waals surface area contributed by atoms with Gasteiger partial charge in [-0.25, -0.2) is 4.79 Å². The Bertz CT molecular complexity index is 1320. The van der Waals surface area contributed by atoms with Crippen molar-refractivity contribution >= 4 is 111 Å². The van der Waals surface area contributed by atoms with Crippen molar-refractivity contribution in [2.45, 2.75) is 17.2 Å². The standard InChI is InChI=1S/C18H14BrIN2O5S4/c19-10-2-3-13-11(6-10)22(9-17(23)24)16(28-13)8-15-21(4-1-5-31(25,26)27)12-7-14(20)29-18(12)30-15/h2-3,6-8H,1,4-5,9H2,(H-,23,24,25,26,27)/p+1. The van der Waals surface area contributed by atoms with Crippen LogP contribution in [-0.2, 0) is 21.5 Å². The molecule has 0 atom stereocenters. The number of aliphatic carboxylic acids is 1. The largest absolute Gasteiger partial charge is 0.477 e. The lowest BCUT2D eigenvalue weighted by atomic mass is 10.3. The third-order valence-electron chi connectivity index (χ3n) is 4.42. The minimum atomic E-state index is -4.03. The molecule has 0 radical (unpaired) electrons. The van der Waals surface area contributed by atoms with E-state index in [1.807, 2.05) is 29.2 Å². The van der Waals surface area contributed by atoms with Gasteiger partial charge >= 0.3 is 5.97 Å². The van der Waals surface area contributed by atoms with E-state index in [2.05, 4.69) is 44.6 Å². The summed E-state index contributed by atoms with van der Waals surface area (Å²) in [6, 6.07) is 7.83. The molecule has 7 nitrogen and oxygen atoms in total. The molecule has 13 heteroatoms. The van der Waals surface area contributed by atoms with Crippen LogP contribution in [0.4, 0.5) is 5.69 Å². The molecule has 0 aliphatic carbocycles. The number of thiazole rings is 1. The van der Waals surface area contributed by atoms with Crippen molar-refractivity contribution in [3.8, 4) is 0 Å². The molecule has 0 spiro atoms. The van der Waals surface area contributed by atoms with Crippen LogP contribution in [0.3, 0.4) is 0 Å². The lowest BCUT2D eigenvalue weighted by Crippen LogP contribution is -2.39. The van der Waals surface area contributed by atoms with Crippen LogP contribution in [0.5, 0.6) is 0 Å². The van der Waals surface area contributed by atoms with Crippen molar-refractivity contribution < 1.29 is 27.4 Å². The summed E-state index contributed by atoms with van der Waals surface area (Å²) < 4.78 is 37.3. The highest BCUT2D eigenvalue weighted by Crippen LogP contribution is 2.51. The fourth-order valence-corrected chi connectivity index (χ4v) is 8.84. The second-order valence-electron chi connectivity index (χ2n) is 6.63. The minimum absolute atomic E-state index is 0.164. The highest BCUT2D eigenvalue weighted by molar-refractivity contribution is 14.1. The van der Waals surface area contributed by atoms with E-state index in [1.54, 1.807) is 27.7 Å². The molecule has 2 N–H and O–H groups in total. The van der Waals surface area contributed by atoms with Crippen molar-refractivity contribution in [2.24, 2.45) is 0 Å². The number of carboxylic acids is 1. The summed E-state index contributed by atoms with van der Waals surface area (Å²) >= 11 is 10.4. The molecule has 0 bridgehead atoms. The fourth-order valence-electron chi connectivity index (χ4n) is 3.20. The molecular formula is C18H15BrIN2O5S4+. The molecule has 4 rings (SSSR count). The number of hydrogen-bond donors (Lipinski definition) is 2. The quantitative estimate of drug-likeness (QED) is 0.209. The van der Waals surface area contributed by atoms with Gasteiger partial charge in [0.25, 0.3) is 15.1 Å². The zero-order valence-corrected chi connectivity index (χ0v) is 22.6. The summed E-state index contributed by atoms with van der Waals surface area (Å²) in [5.74, 6) is -1.24. The van der Waals surface area contributed by atoms with Gasteiger partial charge in [0.05, 0.1) is 29.6 Å². The molecule has 2 aromatic heterocycles. The Labute approximate surface area is 212 Å². The Morgan fingerprint density at radius 2 is 2.06 bits per heavy atom. The lowest BCUT2D eigenvalue weighted by Gasteiger charge is -2.19. The first-order valence-corrected chi connectivity index (χ1v) is 14.8. The molecule has 31 heavy (non-hydrogen) atoms. The summed E-state index contributed by atoms with van der Waals surface area (Å²) in [7, 11) is -4.03. The van der Waals surface area contributed by atoms with E-state index in [-0.39, 0.29) is 18.7 Å². The van der Waals surface area contributed by atoms with Gasteiger partial charge in [0.2, 0.25) is 12.1 Å². The number of carbonyl (C=O) groups is 1. The summed E-state index contributed by atoms with van der Waals surface area (Å²) in [5.41, 5.74) is 1.84. The van der Waals surface area contributed by atoms with Crippen molar-refractivity contribution in [1.82, 2.24) is 0 Å². The van der Waals surface area contributed by atoms with E-state index >= 15 is 0 Å². The Kier molecular flexibility index (Phi) is 7.01. The maximum atomic E-state index is 11.5. The molecule has 1 aromatic carbocycles. The van der Waals surface area contributed by atoms with E-state index in [0.29, 0.717) is 6.54 Å². The highest BCUT2D eigenvalue weighted by Gasteiger charge is 2.30. The number of nitrogens with zero attached hydrogens (tertiary/aromatic N) is 2. The van der Waals surface area contributed by atoms with E-state index in [1.165, 1.54) is 11.3 Å². The van der Waals surface area contributed by atoms with Crippen molar-refractivity contribution in [1.29, 1.82) is 0 Å². The average Bonchev–Trinajstić information content (AvgIpc) is 3.26. The van der Waals surface area contributed by atoms with Crippen molar-refractivity contribution in [3.63, 3.8) is 0 Å². The van der Waals surface area contributed by atoms with E-state index in [9.17, 15) is 18.3 Å². The molecule has 1 aliphatic heterocycles. The van der Waals surface area contributed by atoms with E-state index in [0.717, 1.165) is 37.5 Å². The summed E-state index contributed by atoms with van der Waals surface area (Å²) in [6.07, 6.45) is 2.23. The van der Waals surface area contributed by atoms with Crippen LogP contribution < -0.4 is 9.47 Å². The van der Waals surface area contributed by atoms with Gasteiger partial charge in [0.15, 0.2) is 0 Å². The van der Waals surface area contributed by atoms with Gasteiger partial charge < -0.3 is 10.0 Å². The van der Waals surface area contributed by atoms with Crippen LogP contribution >= 0.6 is 73.0 Å². The van der Waals surface area contributed by atoms with Gasteiger partial charge in [-0.1, -0.05) is 39.0 Å². The molecule has 164 valence electrons. The number of hydrogen-bond acceptors (Lipinski definition) is 7. The molecule has 3 heterocycles. The number of fused-ring (bicyclic) bond motifs is 2. The van der Waals surface area contributed by atoms with E-state index < -0.39 is 16.1 Å². The summed E-state index contributed by atoms with van der Waals surface area (Å²) in [4.78, 5) is 13.6. The summed E-state index contributed by atoms with van der Waals surface area (Å²) in [5, 5.41) is 11.1. The normalized spacial score (nSPS) is 15.2. The Morgan fingerprint density at radius 1 is 1.29 bits per heavy atom. The number of benzene rings is 1. The Balaban J connectivity index is 1.74. The van der Waals surface area contributed by atoms with Crippen molar-refractivity contribution in [3.05, 3.63) is 41.7 Å².